The van der Waals surface area contributed by atoms with Crippen molar-refractivity contribution in [2.75, 3.05) is 0 Å². The summed E-state index contributed by atoms with van der Waals surface area (Å²) in [4.78, 5) is 26.8. The van der Waals surface area contributed by atoms with Gasteiger partial charge in [0.05, 0.1) is 5.69 Å². The number of carbonyl (C=O) groups is 2. The topological polar surface area (TPSA) is 77.5 Å². The molecule has 0 aliphatic carbocycles. The van der Waals surface area contributed by atoms with Crippen LogP contribution in [0.25, 0.3) is 0 Å². The molecule has 0 saturated carbocycles. The zero-order chi connectivity index (χ0) is 18.2. The minimum absolute atomic E-state index is 0.0524. The molecule has 132 valence electrons. The average molecular weight is 346 g/mol. The minimum atomic E-state index is -0.712. The van der Waals surface area contributed by atoms with Crippen molar-refractivity contribution in [3.05, 3.63) is 54.0 Å². The number of ether oxygens (including phenoxy) is 2. The highest BCUT2D eigenvalue weighted by molar-refractivity contribution is 5.78. The number of amides is 1. The largest absolute Gasteiger partial charge is 0.458 e. The smallest absolute Gasteiger partial charge is 0.329 e. The van der Waals surface area contributed by atoms with E-state index in [-0.39, 0.29) is 18.3 Å². The molecule has 0 radical (unpaired) electrons. The highest BCUT2D eigenvalue weighted by atomic mass is 19.1. The molecular formula is C18H19FN2O4. The van der Waals surface area contributed by atoms with Gasteiger partial charge in [-0.05, 0) is 36.2 Å². The molecule has 2 aromatic rings. The van der Waals surface area contributed by atoms with Crippen LogP contribution in [0.4, 0.5) is 4.39 Å². The number of hydrogen-bond acceptors (Lipinski definition) is 5. The molecule has 0 bridgehead atoms. The van der Waals surface area contributed by atoms with Gasteiger partial charge in [0.25, 0.3) is 0 Å². The normalized spacial score (nSPS) is 11.7. The first kappa shape index (κ1) is 18.4. The standard InChI is InChI=1S/C18H19FN2O4/c1-12(2)17(20-11-22)18(23)24-10-14-4-3-5-16(21-14)25-15-8-6-13(19)7-9-15/h3-9,11-12,17H,10H2,1-2H3,(H,20,22). The zero-order valence-corrected chi connectivity index (χ0v) is 13.9. The van der Waals surface area contributed by atoms with E-state index < -0.39 is 12.0 Å². The lowest BCUT2D eigenvalue weighted by atomic mass is 10.1. The Bertz CT molecular complexity index is 719. The fraction of sp³-hybridized carbons (Fsp3) is 0.278. The molecule has 0 saturated heterocycles. The number of carbonyl (C=O) groups excluding carboxylic acids is 2. The highest BCUT2D eigenvalue weighted by Gasteiger charge is 2.23. The van der Waals surface area contributed by atoms with Crippen LogP contribution in [-0.4, -0.2) is 23.4 Å². The molecule has 25 heavy (non-hydrogen) atoms. The van der Waals surface area contributed by atoms with E-state index in [4.69, 9.17) is 9.47 Å². The fourth-order valence-electron chi connectivity index (χ4n) is 2.06. The van der Waals surface area contributed by atoms with Crippen molar-refractivity contribution in [2.24, 2.45) is 5.92 Å². The van der Waals surface area contributed by atoms with Crippen LogP contribution in [0.1, 0.15) is 19.5 Å². The molecule has 1 N–H and O–H groups in total. The second-order valence-corrected chi connectivity index (χ2v) is 5.64. The molecule has 1 atom stereocenters. The number of rotatable bonds is 8. The van der Waals surface area contributed by atoms with E-state index in [1.807, 2.05) is 0 Å². The molecular weight excluding hydrogens is 327 g/mol. The number of aromatic nitrogens is 1. The predicted octanol–water partition coefficient (Wildman–Crippen LogP) is 2.83. The number of halogens is 1. The summed E-state index contributed by atoms with van der Waals surface area (Å²) in [6, 6.07) is 9.86. The van der Waals surface area contributed by atoms with Crippen LogP contribution in [0.5, 0.6) is 11.6 Å². The monoisotopic (exact) mass is 346 g/mol. The summed E-state index contributed by atoms with van der Waals surface area (Å²) in [6.07, 6.45) is 0.474. The Hall–Kier alpha value is -2.96. The predicted molar refractivity (Wildman–Crippen MR) is 88.3 cm³/mol. The Morgan fingerprint density at radius 2 is 1.96 bits per heavy atom. The first-order chi connectivity index (χ1) is 12.0. The number of hydrogen-bond donors (Lipinski definition) is 1. The third-order valence-corrected chi connectivity index (χ3v) is 3.35. The fourth-order valence-corrected chi connectivity index (χ4v) is 2.06. The summed E-state index contributed by atoms with van der Waals surface area (Å²) in [5, 5.41) is 2.44. The van der Waals surface area contributed by atoms with Crippen molar-refractivity contribution in [2.45, 2.75) is 26.5 Å². The number of nitrogens with one attached hydrogen (secondary N) is 1. The maximum absolute atomic E-state index is 12.9. The van der Waals surface area contributed by atoms with Crippen molar-refractivity contribution in [3.8, 4) is 11.6 Å². The number of nitrogens with zero attached hydrogens (tertiary/aromatic N) is 1. The number of pyridine rings is 1. The van der Waals surface area contributed by atoms with Gasteiger partial charge in [0.15, 0.2) is 0 Å². The molecule has 1 aromatic carbocycles. The van der Waals surface area contributed by atoms with Crippen LogP contribution in [0.15, 0.2) is 42.5 Å². The molecule has 1 heterocycles. The van der Waals surface area contributed by atoms with Crippen molar-refractivity contribution in [1.29, 1.82) is 0 Å². The van der Waals surface area contributed by atoms with Gasteiger partial charge in [0.2, 0.25) is 12.3 Å². The first-order valence-electron chi connectivity index (χ1n) is 7.75. The first-order valence-corrected chi connectivity index (χ1v) is 7.75. The SMILES string of the molecule is CC(C)C(NC=O)C(=O)OCc1cccc(Oc2ccc(F)cc2)n1. The van der Waals surface area contributed by atoms with Gasteiger partial charge >= 0.3 is 5.97 Å². The van der Waals surface area contributed by atoms with Gasteiger partial charge in [-0.3, -0.25) is 4.79 Å². The molecule has 7 heteroatoms. The van der Waals surface area contributed by atoms with Crippen LogP contribution in [0, 0.1) is 11.7 Å². The molecule has 0 aliphatic heterocycles. The Labute approximate surface area is 145 Å². The van der Waals surface area contributed by atoms with Crippen LogP contribution in [0.2, 0.25) is 0 Å². The zero-order valence-electron chi connectivity index (χ0n) is 13.9. The Morgan fingerprint density at radius 3 is 2.60 bits per heavy atom. The summed E-state index contributed by atoms with van der Waals surface area (Å²) in [6.45, 7) is 3.55. The lowest BCUT2D eigenvalue weighted by molar-refractivity contribution is -0.149. The molecule has 1 aromatic heterocycles. The van der Waals surface area contributed by atoms with Crippen LogP contribution in [-0.2, 0) is 20.9 Å². The second kappa shape index (κ2) is 8.77. The van der Waals surface area contributed by atoms with Crippen LogP contribution in [0.3, 0.4) is 0 Å². The molecule has 0 spiro atoms. The van der Waals surface area contributed by atoms with Gasteiger partial charge in [0.1, 0.15) is 24.2 Å². The molecule has 1 unspecified atom stereocenters. The third-order valence-electron chi connectivity index (χ3n) is 3.35. The quantitative estimate of drug-likeness (QED) is 0.587. The summed E-state index contributed by atoms with van der Waals surface area (Å²) in [5.41, 5.74) is 0.488. The van der Waals surface area contributed by atoms with Gasteiger partial charge in [-0.2, -0.15) is 0 Å². The summed E-state index contributed by atoms with van der Waals surface area (Å²) in [7, 11) is 0. The molecule has 1 amide bonds. The van der Waals surface area contributed by atoms with Gasteiger partial charge in [0, 0.05) is 6.07 Å². The van der Waals surface area contributed by atoms with Crippen LogP contribution >= 0.6 is 0 Å². The van der Waals surface area contributed by atoms with E-state index in [1.165, 1.54) is 24.3 Å². The summed E-state index contributed by atoms with van der Waals surface area (Å²) < 4.78 is 23.6. The van der Waals surface area contributed by atoms with Gasteiger partial charge in [-0.1, -0.05) is 19.9 Å². The van der Waals surface area contributed by atoms with Crippen molar-refractivity contribution in [3.63, 3.8) is 0 Å². The van der Waals surface area contributed by atoms with E-state index in [0.29, 0.717) is 23.7 Å². The van der Waals surface area contributed by atoms with Gasteiger partial charge in [-0.25, -0.2) is 14.2 Å². The van der Waals surface area contributed by atoms with Crippen molar-refractivity contribution >= 4 is 12.4 Å². The maximum atomic E-state index is 12.9. The lowest BCUT2D eigenvalue weighted by Crippen LogP contribution is -2.41. The van der Waals surface area contributed by atoms with E-state index in [9.17, 15) is 14.0 Å². The Morgan fingerprint density at radius 1 is 1.24 bits per heavy atom. The van der Waals surface area contributed by atoms with E-state index in [1.54, 1.807) is 32.0 Å². The van der Waals surface area contributed by atoms with E-state index in [2.05, 4.69) is 10.3 Å². The molecule has 0 fully saturated rings. The molecule has 2 rings (SSSR count). The maximum Gasteiger partial charge on any atom is 0.329 e. The number of esters is 1. The third kappa shape index (κ3) is 5.56. The van der Waals surface area contributed by atoms with Crippen molar-refractivity contribution < 1.29 is 23.5 Å². The molecule has 0 aliphatic rings. The second-order valence-electron chi connectivity index (χ2n) is 5.64. The lowest BCUT2D eigenvalue weighted by Gasteiger charge is -2.18. The average Bonchev–Trinajstić information content (AvgIpc) is 2.59. The van der Waals surface area contributed by atoms with Crippen LogP contribution < -0.4 is 10.1 Å². The van der Waals surface area contributed by atoms with Crippen molar-refractivity contribution in [1.82, 2.24) is 10.3 Å². The Kier molecular flexibility index (Phi) is 6.45. The minimum Gasteiger partial charge on any atom is -0.458 e. The van der Waals surface area contributed by atoms with E-state index in [0.717, 1.165) is 0 Å². The highest BCUT2D eigenvalue weighted by Crippen LogP contribution is 2.20. The summed E-state index contributed by atoms with van der Waals surface area (Å²) >= 11 is 0. The van der Waals surface area contributed by atoms with Gasteiger partial charge < -0.3 is 14.8 Å². The number of benzene rings is 1. The molecule has 6 nitrogen and oxygen atoms in total. The Balaban J connectivity index is 1.97. The van der Waals surface area contributed by atoms with Gasteiger partial charge in [-0.15, -0.1) is 0 Å². The summed E-state index contributed by atoms with van der Waals surface area (Å²) in [5.74, 6) is -0.248. The van der Waals surface area contributed by atoms with E-state index >= 15 is 0 Å².